The molecule has 1 rings (SSSR count). The molecule has 0 heterocycles. The second kappa shape index (κ2) is 7.22. The average Bonchev–Trinajstić information content (AvgIpc) is 2.33. The van der Waals surface area contributed by atoms with Crippen LogP contribution in [-0.2, 0) is 0 Å². The van der Waals surface area contributed by atoms with E-state index in [2.05, 4.69) is 41.6 Å². The Hall–Kier alpha value is -0.450. The molecule has 0 amide bonds. The fraction of sp³-hybridized carbons (Fsp3) is 0.571. The maximum absolute atomic E-state index is 13.6. The van der Waals surface area contributed by atoms with Crippen LogP contribution in [0.2, 0.25) is 0 Å². The highest BCUT2D eigenvalue weighted by Crippen LogP contribution is 2.25. The van der Waals surface area contributed by atoms with Crippen LogP contribution in [-0.4, -0.2) is 24.0 Å². The fourth-order valence-electron chi connectivity index (χ4n) is 2.21. The molecule has 1 aromatic rings. The molecule has 0 bridgehead atoms. The molecule has 0 aromatic heterocycles. The first-order chi connectivity index (χ1) is 8.51. The minimum absolute atomic E-state index is 0.0764. The Bertz CT molecular complexity index is 382. The number of nitrogens with zero attached hydrogens (tertiary/aromatic N) is 1. The second-order valence-corrected chi connectivity index (χ2v) is 5.61. The molecule has 2 N–H and O–H groups in total. The normalized spacial score (nSPS) is 13.3. The molecule has 0 fully saturated rings. The molecule has 0 aliphatic carbocycles. The Balaban J connectivity index is 3.02. The van der Waals surface area contributed by atoms with Crippen molar-refractivity contribution >= 4 is 15.9 Å². The predicted molar refractivity (Wildman–Crippen MR) is 78.0 cm³/mol. The van der Waals surface area contributed by atoms with Gasteiger partial charge in [-0.25, -0.2) is 4.39 Å². The summed E-state index contributed by atoms with van der Waals surface area (Å²) < 4.78 is 14.1. The monoisotopic (exact) mass is 316 g/mol. The predicted octanol–water partition coefficient (Wildman–Crippen LogP) is 3.71. The van der Waals surface area contributed by atoms with Crippen molar-refractivity contribution in [1.82, 2.24) is 4.90 Å². The maximum Gasteiger partial charge on any atom is 0.137 e. The Labute approximate surface area is 117 Å². The molecular formula is C14H22BrFN2. The molecule has 0 saturated carbocycles. The van der Waals surface area contributed by atoms with E-state index >= 15 is 0 Å². The summed E-state index contributed by atoms with van der Waals surface area (Å²) in [4.78, 5) is 2.32. The molecule has 0 spiro atoms. The molecule has 1 atom stereocenters. The van der Waals surface area contributed by atoms with Crippen molar-refractivity contribution in [2.24, 2.45) is 5.73 Å². The standard InChI is InChI=1S/C14H22BrFN2/c1-4-7-18(10(2)3)14(9-17)11-5-6-12(15)13(16)8-11/h5-6,8,10,14H,4,7,9,17H2,1-3H3. The molecule has 0 saturated heterocycles. The van der Waals surface area contributed by atoms with Gasteiger partial charge in [0, 0.05) is 18.6 Å². The maximum atomic E-state index is 13.6. The van der Waals surface area contributed by atoms with E-state index in [-0.39, 0.29) is 11.9 Å². The van der Waals surface area contributed by atoms with E-state index in [0.29, 0.717) is 17.1 Å². The molecular weight excluding hydrogens is 295 g/mol. The van der Waals surface area contributed by atoms with E-state index in [1.165, 1.54) is 0 Å². The Morgan fingerprint density at radius 2 is 2.06 bits per heavy atom. The lowest BCUT2D eigenvalue weighted by molar-refractivity contribution is 0.157. The number of nitrogens with two attached hydrogens (primary N) is 1. The zero-order chi connectivity index (χ0) is 13.7. The fourth-order valence-corrected chi connectivity index (χ4v) is 2.46. The summed E-state index contributed by atoms with van der Waals surface area (Å²) >= 11 is 3.18. The number of rotatable bonds is 6. The lowest BCUT2D eigenvalue weighted by atomic mass is 10.0. The van der Waals surface area contributed by atoms with E-state index in [9.17, 15) is 4.39 Å². The van der Waals surface area contributed by atoms with Gasteiger partial charge in [0.1, 0.15) is 5.82 Å². The Kier molecular flexibility index (Phi) is 6.26. The summed E-state index contributed by atoms with van der Waals surface area (Å²) in [5.41, 5.74) is 6.83. The number of benzene rings is 1. The largest absolute Gasteiger partial charge is 0.329 e. The van der Waals surface area contributed by atoms with Gasteiger partial charge in [-0.2, -0.15) is 0 Å². The SMILES string of the molecule is CCCN(C(C)C)C(CN)c1ccc(Br)c(F)c1. The quantitative estimate of drug-likeness (QED) is 0.867. The summed E-state index contributed by atoms with van der Waals surface area (Å²) in [5, 5.41) is 0. The molecule has 0 radical (unpaired) electrons. The van der Waals surface area contributed by atoms with E-state index in [1.54, 1.807) is 12.1 Å². The molecule has 2 nitrogen and oxygen atoms in total. The van der Waals surface area contributed by atoms with Gasteiger partial charge >= 0.3 is 0 Å². The number of halogens is 2. The highest BCUT2D eigenvalue weighted by molar-refractivity contribution is 9.10. The molecule has 1 unspecified atom stereocenters. The van der Waals surface area contributed by atoms with Crippen LogP contribution in [0.5, 0.6) is 0 Å². The molecule has 4 heteroatoms. The van der Waals surface area contributed by atoms with Crippen LogP contribution in [0.15, 0.2) is 22.7 Å². The minimum Gasteiger partial charge on any atom is -0.329 e. The van der Waals surface area contributed by atoms with Crippen LogP contribution in [0.1, 0.15) is 38.8 Å². The first-order valence-electron chi connectivity index (χ1n) is 6.42. The van der Waals surface area contributed by atoms with Crippen molar-refractivity contribution < 1.29 is 4.39 Å². The van der Waals surface area contributed by atoms with Crippen LogP contribution in [0, 0.1) is 5.82 Å². The Morgan fingerprint density at radius 1 is 1.39 bits per heavy atom. The molecule has 1 aromatic carbocycles. The van der Waals surface area contributed by atoms with Crippen LogP contribution in [0.3, 0.4) is 0 Å². The van der Waals surface area contributed by atoms with Crippen LogP contribution < -0.4 is 5.73 Å². The minimum atomic E-state index is -0.230. The zero-order valence-corrected chi connectivity index (χ0v) is 12.9. The van der Waals surface area contributed by atoms with Gasteiger partial charge < -0.3 is 5.73 Å². The third kappa shape index (κ3) is 3.77. The molecule has 0 aliphatic rings. The van der Waals surface area contributed by atoms with Crippen molar-refractivity contribution in [1.29, 1.82) is 0 Å². The highest BCUT2D eigenvalue weighted by Gasteiger charge is 2.21. The third-order valence-corrected chi connectivity index (χ3v) is 3.74. The molecule has 18 heavy (non-hydrogen) atoms. The van der Waals surface area contributed by atoms with Gasteiger partial charge in [-0.3, -0.25) is 4.90 Å². The topological polar surface area (TPSA) is 29.3 Å². The van der Waals surface area contributed by atoms with Crippen molar-refractivity contribution in [3.63, 3.8) is 0 Å². The second-order valence-electron chi connectivity index (χ2n) is 4.76. The summed E-state index contributed by atoms with van der Waals surface area (Å²) in [6, 6.07) is 5.73. The average molecular weight is 317 g/mol. The number of hydrogen-bond donors (Lipinski definition) is 1. The smallest absolute Gasteiger partial charge is 0.137 e. The van der Waals surface area contributed by atoms with Crippen LogP contribution in [0.4, 0.5) is 4.39 Å². The van der Waals surface area contributed by atoms with Crippen LogP contribution in [0.25, 0.3) is 0 Å². The first-order valence-corrected chi connectivity index (χ1v) is 7.21. The van der Waals surface area contributed by atoms with Crippen LogP contribution >= 0.6 is 15.9 Å². The first kappa shape index (κ1) is 15.6. The zero-order valence-electron chi connectivity index (χ0n) is 11.3. The van der Waals surface area contributed by atoms with Crippen molar-refractivity contribution in [3.8, 4) is 0 Å². The lowest BCUT2D eigenvalue weighted by Crippen LogP contribution is -2.39. The van der Waals surface area contributed by atoms with Gasteiger partial charge in [-0.05, 0) is 60.4 Å². The van der Waals surface area contributed by atoms with E-state index in [4.69, 9.17) is 5.73 Å². The summed E-state index contributed by atoms with van der Waals surface area (Å²) in [5.74, 6) is -0.230. The van der Waals surface area contributed by atoms with Crippen molar-refractivity contribution in [2.75, 3.05) is 13.1 Å². The van der Waals surface area contributed by atoms with Gasteiger partial charge in [-0.15, -0.1) is 0 Å². The van der Waals surface area contributed by atoms with Gasteiger partial charge in [0.05, 0.1) is 4.47 Å². The summed E-state index contributed by atoms with van der Waals surface area (Å²) in [6.45, 7) is 7.91. The van der Waals surface area contributed by atoms with Gasteiger partial charge in [-0.1, -0.05) is 13.0 Å². The van der Waals surface area contributed by atoms with E-state index in [1.807, 2.05) is 6.07 Å². The summed E-state index contributed by atoms with van der Waals surface area (Å²) in [7, 11) is 0. The van der Waals surface area contributed by atoms with E-state index in [0.717, 1.165) is 18.5 Å². The third-order valence-electron chi connectivity index (χ3n) is 3.10. The highest BCUT2D eigenvalue weighted by atomic mass is 79.9. The number of hydrogen-bond acceptors (Lipinski definition) is 2. The van der Waals surface area contributed by atoms with Crippen molar-refractivity contribution in [2.45, 2.75) is 39.3 Å². The molecule has 102 valence electrons. The van der Waals surface area contributed by atoms with E-state index < -0.39 is 0 Å². The van der Waals surface area contributed by atoms with Crippen molar-refractivity contribution in [3.05, 3.63) is 34.1 Å². The van der Waals surface area contributed by atoms with Gasteiger partial charge in [0.2, 0.25) is 0 Å². The lowest BCUT2D eigenvalue weighted by Gasteiger charge is -2.34. The molecule has 0 aliphatic heterocycles. The van der Waals surface area contributed by atoms with Gasteiger partial charge in [0.25, 0.3) is 0 Å². The summed E-state index contributed by atoms with van der Waals surface area (Å²) in [6.07, 6.45) is 1.06. The van der Waals surface area contributed by atoms with Gasteiger partial charge in [0.15, 0.2) is 0 Å². The Morgan fingerprint density at radius 3 is 2.50 bits per heavy atom.